The van der Waals surface area contributed by atoms with Gasteiger partial charge in [0.25, 0.3) is 0 Å². The highest BCUT2D eigenvalue weighted by atomic mass is 19.1. The summed E-state index contributed by atoms with van der Waals surface area (Å²) in [5, 5.41) is 3.29. The zero-order valence-electron chi connectivity index (χ0n) is 11.8. The summed E-state index contributed by atoms with van der Waals surface area (Å²) in [5.41, 5.74) is 2.43. The molecule has 1 aromatic heterocycles. The van der Waals surface area contributed by atoms with Crippen molar-refractivity contribution in [2.45, 2.75) is 13.3 Å². The molecule has 3 rings (SSSR count). The molecule has 1 amide bonds. The third-order valence-electron chi connectivity index (χ3n) is 3.37. The van der Waals surface area contributed by atoms with Gasteiger partial charge in [0.15, 0.2) is 0 Å². The molecular formula is C17H13F2NO2. The fourth-order valence-corrected chi connectivity index (χ4v) is 2.29. The predicted molar refractivity (Wildman–Crippen MR) is 79.6 cm³/mol. The molecule has 0 bridgehead atoms. The van der Waals surface area contributed by atoms with E-state index < -0.39 is 17.5 Å². The Kier molecular flexibility index (Phi) is 3.63. The van der Waals surface area contributed by atoms with Crippen molar-refractivity contribution in [2.75, 3.05) is 5.32 Å². The summed E-state index contributed by atoms with van der Waals surface area (Å²) in [6.07, 6.45) is 1.57. The Morgan fingerprint density at radius 3 is 2.77 bits per heavy atom. The molecule has 0 saturated heterocycles. The van der Waals surface area contributed by atoms with E-state index in [0.29, 0.717) is 5.58 Å². The smallest absolute Gasteiger partial charge is 0.229 e. The first-order valence-electron chi connectivity index (χ1n) is 6.74. The predicted octanol–water partition coefficient (Wildman–Crippen LogP) is 4.20. The van der Waals surface area contributed by atoms with Gasteiger partial charge < -0.3 is 9.73 Å². The highest BCUT2D eigenvalue weighted by Gasteiger charge is 2.12. The maximum Gasteiger partial charge on any atom is 0.229 e. The molecule has 2 aromatic carbocycles. The summed E-state index contributed by atoms with van der Waals surface area (Å²) in [4.78, 5) is 12.0. The van der Waals surface area contributed by atoms with Gasteiger partial charge in [0.1, 0.15) is 17.2 Å². The number of halogens is 2. The number of rotatable bonds is 3. The zero-order chi connectivity index (χ0) is 15.7. The van der Waals surface area contributed by atoms with E-state index in [-0.39, 0.29) is 12.1 Å². The minimum atomic E-state index is -0.804. The first-order valence-corrected chi connectivity index (χ1v) is 6.74. The Bertz CT molecular complexity index is 855. The standard InChI is InChI=1S/C17H13F2NO2/c1-10-2-5-16-13(6-10)11(9-22-16)7-17(21)20-15-4-3-12(18)8-14(15)19/h2-6,8-9H,7H2,1H3,(H,20,21). The van der Waals surface area contributed by atoms with Crippen LogP contribution in [0.4, 0.5) is 14.5 Å². The van der Waals surface area contributed by atoms with E-state index in [4.69, 9.17) is 4.42 Å². The summed E-state index contributed by atoms with van der Waals surface area (Å²) < 4.78 is 31.8. The fourth-order valence-electron chi connectivity index (χ4n) is 2.29. The molecule has 0 saturated carbocycles. The van der Waals surface area contributed by atoms with E-state index in [1.165, 1.54) is 12.3 Å². The number of anilines is 1. The minimum absolute atomic E-state index is 0.0459. The van der Waals surface area contributed by atoms with Crippen LogP contribution in [-0.4, -0.2) is 5.91 Å². The first-order chi connectivity index (χ1) is 10.5. The van der Waals surface area contributed by atoms with Crippen LogP contribution >= 0.6 is 0 Å². The number of hydrogen-bond acceptors (Lipinski definition) is 2. The molecule has 1 heterocycles. The van der Waals surface area contributed by atoms with Crippen LogP contribution in [0.1, 0.15) is 11.1 Å². The maximum atomic E-state index is 13.5. The number of furan rings is 1. The molecule has 0 fully saturated rings. The van der Waals surface area contributed by atoms with Crippen LogP contribution in [0, 0.1) is 18.6 Å². The van der Waals surface area contributed by atoms with Crippen molar-refractivity contribution in [1.82, 2.24) is 0 Å². The average Bonchev–Trinajstić information content (AvgIpc) is 2.84. The number of fused-ring (bicyclic) bond motifs is 1. The molecule has 22 heavy (non-hydrogen) atoms. The summed E-state index contributed by atoms with van der Waals surface area (Å²) in [6.45, 7) is 1.95. The molecule has 0 atom stereocenters. The third kappa shape index (κ3) is 2.83. The molecule has 0 aliphatic rings. The summed E-state index contributed by atoms with van der Waals surface area (Å²) in [6, 6.07) is 8.71. The molecule has 1 N–H and O–H groups in total. The highest BCUT2D eigenvalue weighted by molar-refractivity contribution is 5.95. The Morgan fingerprint density at radius 2 is 2.00 bits per heavy atom. The lowest BCUT2D eigenvalue weighted by Gasteiger charge is -2.06. The van der Waals surface area contributed by atoms with Gasteiger partial charge in [-0.05, 0) is 31.2 Å². The lowest BCUT2D eigenvalue weighted by Crippen LogP contribution is -2.15. The maximum absolute atomic E-state index is 13.5. The molecule has 112 valence electrons. The van der Waals surface area contributed by atoms with Gasteiger partial charge in [0, 0.05) is 17.0 Å². The van der Waals surface area contributed by atoms with Crippen molar-refractivity contribution in [2.24, 2.45) is 0 Å². The number of carbonyl (C=O) groups excluding carboxylic acids is 1. The van der Waals surface area contributed by atoms with Crippen LogP contribution in [-0.2, 0) is 11.2 Å². The van der Waals surface area contributed by atoms with Crippen LogP contribution < -0.4 is 5.32 Å². The van der Waals surface area contributed by atoms with E-state index in [1.807, 2.05) is 25.1 Å². The molecular weight excluding hydrogens is 288 g/mol. The van der Waals surface area contributed by atoms with Crippen molar-refractivity contribution < 1.29 is 18.0 Å². The largest absolute Gasteiger partial charge is 0.464 e. The number of nitrogens with one attached hydrogen (secondary N) is 1. The zero-order valence-corrected chi connectivity index (χ0v) is 11.8. The molecule has 0 spiro atoms. The number of benzene rings is 2. The van der Waals surface area contributed by atoms with Gasteiger partial charge in [-0.3, -0.25) is 4.79 Å². The Labute approximate surface area is 125 Å². The molecule has 3 nitrogen and oxygen atoms in total. The molecule has 0 unspecified atom stereocenters. The van der Waals surface area contributed by atoms with Crippen molar-refractivity contribution in [3.63, 3.8) is 0 Å². The van der Waals surface area contributed by atoms with E-state index in [1.54, 1.807) is 0 Å². The van der Waals surface area contributed by atoms with Gasteiger partial charge >= 0.3 is 0 Å². The highest BCUT2D eigenvalue weighted by Crippen LogP contribution is 2.23. The Balaban J connectivity index is 1.79. The topological polar surface area (TPSA) is 42.2 Å². The fraction of sp³-hybridized carbons (Fsp3) is 0.118. The second-order valence-electron chi connectivity index (χ2n) is 5.11. The normalized spacial score (nSPS) is 10.9. The van der Waals surface area contributed by atoms with Gasteiger partial charge in [-0.15, -0.1) is 0 Å². The number of aryl methyl sites for hydroxylation is 1. The van der Waals surface area contributed by atoms with Crippen molar-refractivity contribution in [3.05, 3.63) is 65.4 Å². The van der Waals surface area contributed by atoms with Crippen molar-refractivity contribution >= 4 is 22.6 Å². The van der Waals surface area contributed by atoms with Crippen molar-refractivity contribution in [3.8, 4) is 0 Å². The number of carbonyl (C=O) groups is 1. The quantitative estimate of drug-likeness (QED) is 0.787. The lowest BCUT2D eigenvalue weighted by molar-refractivity contribution is -0.115. The summed E-state index contributed by atoms with van der Waals surface area (Å²) >= 11 is 0. The van der Waals surface area contributed by atoms with Gasteiger partial charge in [-0.25, -0.2) is 8.78 Å². The van der Waals surface area contributed by atoms with Gasteiger partial charge in [-0.1, -0.05) is 11.6 Å². The second kappa shape index (κ2) is 5.60. The third-order valence-corrected chi connectivity index (χ3v) is 3.37. The monoisotopic (exact) mass is 301 g/mol. The minimum Gasteiger partial charge on any atom is -0.464 e. The van der Waals surface area contributed by atoms with Crippen LogP contribution in [0.25, 0.3) is 11.0 Å². The van der Waals surface area contributed by atoms with E-state index in [9.17, 15) is 13.6 Å². The molecule has 0 radical (unpaired) electrons. The van der Waals surface area contributed by atoms with Crippen LogP contribution in [0.3, 0.4) is 0 Å². The van der Waals surface area contributed by atoms with Crippen LogP contribution in [0.5, 0.6) is 0 Å². The second-order valence-corrected chi connectivity index (χ2v) is 5.11. The number of amides is 1. The van der Waals surface area contributed by atoms with Gasteiger partial charge in [0.2, 0.25) is 5.91 Å². The lowest BCUT2D eigenvalue weighted by atomic mass is 10.1. The Hall–Kier alpha value is -2.69. The summed E-state index contributed by atoms with van der Waals surface area (Å²) in [5.74, 6) is -1.89. The molecule has 3 aromatic rings. The Morgan fingerprint density at radius 1 is 1.18 bits per heavy atom. The van der Waals surface area contributed by atoms with Crippen molar-refractivity contribution in [1.29, 1.82) is 0 Å². The van der Waals surface area contributed by atoms with Crippen LogP contribution in [0.15, 0.2) is 47.1 Å². The van der Waals surface area contributed by atoms with Crippen LogP contribution in [0.2, 0.25) is 0 Å². The SMILES string of the molecule is Cc1ccc2occ(CC(=O)Nc3ccc(F)cc3F)c2c1. The molecule has 0 aliphatic heterocycles. The molecule has 0 aliphatic carbocycles. The number of hydrogen-bond donors (Lipinski definition) is 1. The van der Waals surface area contributed by atoms with Gasteiger partial charge in [-0.2, -0.15) is 0 Å². The van der Waals surface area contributed by atoms with E-state index >= 15 is 0 Å². The summed E-state index contributed by atoms with van der Waals surface area (Å²) in [7, 11) is 0. The van der Waals surface area contributed by atoms with Gasteiger partial charge in [0.05, 0.1) is 18.4 Å². The average molecular weight is 301 g/mol. The first kappa shape index (κ1) is 14.3. The van der Waals surface area contributed by atoms with E-state index in [0.717, 1.165) is 28.6 Å². The molecule has 5 heteroatoms. The van der Waals surface area contributed by atoms with E-state index in [2.05, 4.69) is 5.32 Å².